The predicted octanol–water partition coefficient (Wildman–Crippen LogP) is 3.07. The lowest BCUT2D eigenvalue weighted by Crippen LogP contribution is -2.11. The first-order chi connectivity index (χ1) is 5.81. The average Bonchev–Trinajstić information content (AvgIpc) is 2.78. The minimum atomic E-state index is 0.557. The quantitative estimate of drug-likeness (QED) is 0.585. The Morgan fingerprint density at radius 3 is 3.17 bits per heavy atom. The van der Waals surface area contributed by atoms with Gasteiger partial charge in [-0.15, -0.1) is 11.8 Å². The first-order valence-electron chi connectivity index (χ1n) is 4.53. The Labute approximate surface area is 77.4 Å². The van der Waals surface area contributed by atoms with Crippen LogP contribution in [0.5, 0.6) is 0 Å². The Morgan fingerprint density at radius 1 is 1.42 bits per heavy atom. The van der Waals surface area contributed by atoms with Gasteiger partial charge in [0.15, 0.2) is 0 Å². The van der Waals surface area contributed by atoms with E-state index in [1.54, 1.807) is 5.56 Å². The smallest absolute Gasteiger partial charge is 0.0110 e. The van der Waals surface area contributed by atoms with Crippen LogP contribution >= 0.6 is 11.8 Å². The normalized spacial score (nSPS) is 36.9. The minimum Gasteiger partial charge on any atom is -0.126 e. The third kappa shape index (κ3) is 0.752. The van der Waals surface area contributed by atoms with Crippen LogP contribution < -0.4 is 0 Å². The number of hydrogen-bond acceptors (Lipinski definition) is 1. The van der Waals surface area contributed by atoms with Gasteiger partial charge >= 0.3 is 0 Å². The van der Waals surface area contributed by atoms with Crippen LogP contribution in [0.25, 0.3) is 0 Å². The molecule has 2 unspecified atom stereocenters. The highest BCUT2D eigenvalue weighted by atomic mass is 32.2. The van der Waals surface area contributed by atoms with Crippen molar-refractivity contribution >= 4 is 11.8 Å². The van der Waals surface area contributed by atoms with Gasteiger partial charge in [-0.2, -0.15) is 0 Å². The number of rotatable bonds is 0. The summed E-state index contributed by atoms with van der Waals surface area (Å²) < 4.78 is 0. The Bertz CT molecular complexity index is 330. The van der Waals surface area contributed by atoms with E-state index in [4.69, 9.17) is 0 Å². The fourth-order valence-electron chi connectivity index (χ4n) is 2.28. The van der Waals surface area contributed by atoms with Crippen molar-refractivity contribution in [3.05, 3.63) is 29.8 Å². The molecule has 0 amide bonds. The van der Waals surface area contributed by atoms with E-state index in [9.17, 15) is 0 Å². The zero-order chi connectivity index (χ0) is 8.18. The van der Waals surface area contributed by atoms with E-state index in [1.807, 2.05) is 11.8 Å². The highest BCUT2D eigenvalue weighted by molar-refractivity contribution is 7.99. The zero-order valence-corrected chi connectivity index (χ0v) is 8.03. The molecule has 0 radical (unpaired) electrons. The highest BCUT2D eigenvalue weighted by Gasteiger charge is 2.53. The molecule has 1 aromatic carbocycles. The largest absolute Gasteiger partial charge is 0.126 e. The van der Waals surface area contributed by atoms with Gasteiger partial charge < -0.3 is 0 Å². The SMILES string of the molecule is CC12CC1CSc1ccccc12. The fraction of sp³-hybridized carbons (Fsp3) is 0.455. The van der Waals surface area contributed by atoms with Gasteiger partial charge in [0, 0.05) is 10.6 Å². The Morgan fingerprint density at radius 2 is 2.25 bits per heavy atom. The third-order valence-corrected chi connectivity index (χ3v) is 4.59. The number of thioether (sulfide) groups is 1. The topological polar surface area (TPSA) is 0 Å². The van der Waals surface area contributed by atoms with E-state index in [1.165, 1.54) is 17.1 Å². The first kappa shape index (κ1) is 7.02. The molecule has 0 nitrogen and oxygen atoms in total. The van der Waals surface area contributed by atoms with Crippen molar-refractivity contribution < 1.29 is 0 Å². The van der Waals surface area contributed by atoms with E-state index >= 15 is 0 Å². The lowest BCUT2D eigenvalue weighted by molar-refractivity contribution is 0.681. The van der Waals surface area contributed by atoms with E-state index in [0.29, 0.717) is 5.41 Å². The molecular formula is C11H12S. The average molecular weight is 176 g/mol. The molecule has 0 bridgehead atoms. The molecule has 0 saturated heterocycles. The summed E-state index contributed by atoms with van der Waals surface area (Å²) in [6.45, 7) is 2.41. The summed E-state index contributed by atoms with van der Waals surface area (Å²) in [6, 6.07) is 8.89. The Hall–Kier alpha value is -0.430. The van der Waals surface area contributed by atoms with Crippen molar-refractivity contribution in [2.75, 3.05) is 5.75 Å². The molecule has 1 heteroatoms. The Balaban J connectivity index is 2.19. The number of fused-ring (bicyclic) bond motifs is 3. The van der Waals surface area contributed by atoms with Crippen molar-refractivity contribution in [1.82, 2.24) is 0 Å². The maximum absolute atomic E-state index is 2.41. The van der Waals surface area contributed by atoms with E-state index in [0.717, 1.165) is 5.92 Å². The number of hydrogen-bond donors (Lipinski definition) is 0. The molecular weight excluding hydrogens is 164 g/mol. The first-order valence-corrected chi connectivity index (χ1v) is 5.51. The van der Waals surface area contributed by atoms with Gasteiger partial charge in [0.05, 0.1) is 0 Å². The summed E-state index contributed by atoms with van der Waals surface area (Å²) in [6.07, 6.45) is 1.41. The molecule has 12 heavy (non-hydrogen) atoms. The monoisotopic (exact) mass is 176 g/mol. The highest BCUT2D eigenvalue weighted by Crippen LogP contribution is 2.60. The van der Waals surface area contributed by atoms with Crippen LogP contribution in [0.2, 0.25) is 0 Å². The van der Waals surface area contributed by atoms with Gasteiger partial charge in [0.1, 0.15) is 0 Å². The molecule has 0 N–H and O–H groups in total. The summed E-state index contributed by atoms with van der Waals surface area (Å²) in [7, 11) is 0. The summed E-state index contributed by atoms with van der Waals surface area (Å²) >= 11 is 2.04. The van der Waals surface area contributed by atoms with E-state index in [2.05, 4.69) is 31.2 Å². The molecule has 1 fully saturated rings. The standard InChI is InChI=1S/C11H12S/c1-11-6-8(11)7-12-10-5-3-2-4-9(10)11/h2-5,8H,6-7H2,1H3. The maximum atomic E-state index is 2.41. The summed E-state index contributed by atoms with van der Waals surface area (Å²) in [4.78, 5) is 1.52. The second kappa shape index (κ2) is 2.08. The van der Waals surface area contributed by atoms with Crippen LogP contribution in [0.4, 0.5) is 0 Å². The van der Waals surface area contributed by atoms with Crippen molar-refractivity contribution in [2.45, 2.75) is 23.7 Å². The molecule has 1 heterocycles. The molecule has 1 aliphatic carbocycles. The molecule has 62 valence electrons. The maximum Gasteiger partial charge on any atom is 0.0110 e. The van der Waals surface area contributed by atoms with Gasteiger partial charge in [-0.3, -0.25) is 0 Å². The van der Waals surface area contributed by atoms with Crippen LogP contribution in [0.3, 0.4) is 0 Å². The molecule has 2 atom stereocenters. The lowest BCUT2D eigenvalue weighted by atomic mass is 9.95. The third-order valence-electron chi connectivity index (χ3n) is 3.35. The van der Waals surface area contributed by atoms with Gasteiger partial charge in [-0.25, -0.2) is 0 Å². The van der Waals surface area contributed by atoms with E-state index in [-0.39, 0.29) is 0 Å². The molecule has 0 spiro atoms. The lowest BCUT2D eigenvalue weighted by Gasteiger charge is -2.21. The van der Waals surface area contributed by atoms with Crippen molar-refractivity contribution in [1.29, 1.82) is 0 Å². The van der Waals surface area contributed by atoms with Crippen LogP contribution in [0.1, 0.15) is 18.9 Å². The fourth-order valence-corrected chi connectivity index (χ4v) is 3.78. The van der Waals surface area contributed by atoms with Crippen LogP contribution in [0, 0.1) is 5.92 Å². The van der Waals surface area contributed by atoms with Crippen LogP contribution in [0.15, 0.2) is 29.2 Å². The molecule has 3 rings (SSSR count). The summed E-state index contributed by atoms with van der Waals surface area (Å²) in [5.41, 5.74) is 2.16. The molecule has 2 aliphatic rings. The van der Waals surface area contributed by atoms with Crippen LogP contribution in [-0.2, 0) is 5.41 Å². The van der Waals surface area contributed by atoms with E-state index < -0.39 is 0 Å². The van der Waals surface area contributed by atoms with Crippen LogP contribution in [-0.4, -0.2) is 5.75 Å². The van der Waals surface area contributed by atoms with Gasteiger partial charge in [0.25, 0.3) is 0 Å². The summed E-state index contributed by atoms with van der Waals surface area (Å²) in [5.74, 6) is 2.31. The van der Waals surface area contributed by atoms with Crippen molar-refractivity contribution in [3.8, 4) is 0 Å². The second-order valence-corrected chi connectivity index (χ2v) is 5.19. The second-order valence-electron chi connectivity index (χ2n) is 4.13. The minimum absolute atomic E-state index is 0.557. The molecule has 1 aromatic rings. The van der Waals surface area contributed by atoms with Crippen molar-refractivity contribution in [2.24, 2.45) is 5.92 Å². The van der Waals surface area contributed by atoms with Gasteiger partial charge in [-0.05, 0) is 29.4 Å². The molecule has 1 saturated carbocycles. The zero-order valence-electron chi connectivity index (χ0n) is 7.21. The summed E-state index contributed by atoms with van der Waals surface area (Å²) in [5, 5.41) is 0. The van der Waals surface area contributed by atoms with Crippen molar-refractivity contribution in [3.63, 3.8) is 0 Å². The number of benzene rings is 1. The Kier molecular flexibility index (Phi) is 1.22. The van der Waals surface area contributed by atoms with Gasteiger partial charge in [0.2, 0.25) is 0 Å². The molecule has 1 aliphatic heterocycles. The molecule has 0 aromatic heterocycles. The predicted molar refractivity (Wildman–Crippen MR) is 52.6 cm³/mol. The van der Waals surface area contributed by atoms with Gasteiger partial charge in [-0.1, -0.05) is 25.1 Å².